The molecule has 1 heteroatoms. The SMILES string of the molecule is CN(c1ccccc1-c1ccccc1)c1ccc(-c2ccccc2)cc1-c1cccc2ccccc12. The van der Waals surface area contributed by atoms with Crippen molar-refractivity contribution in [3.05, 3.63) is 146 Å². The third kappa shape index (κ3) is 4.06. The molecular weight excluding hydrogens is 434 g/mol. The fraction of sp³-hybridized carbons (Fsp3) is 0.0286. The van der Waals surface area contributed by atoms with Crippen molar-refractivity contribution in [1.82, 2.24) is 0 Å². The molecule has 1 nitrogen and oxygen atoms in total. The molecule has 0 heterocycles. The van der Waals surface area contributed by atoms with Gasteiger partial charge in [0.2, 0.25) is 0 Å². The summed E-state index contributed by atoms with van der Waals surface area (Å²) in [6.07, 6.45) is 0. The molecule has 172 valence electrons. The lowest BCUT2D eigenvalue weighted by molar-refractivity contribution is 1.21. The smallest absolute Gasteiger partial charge is 0.0488 e. The average Bonchev–Trinajstić information content (AvgIpc) is 2.97. The van der Waals surface area contributed by atoms with Crippen LogP contribution in [0.3, 0.4) is 0 Å². The van der Waals surface area contributed by atoms with Crippen LogP contribution in [0.2, 0.25) is 0 Å². The van der Waals surface area contributed by atoms with E-state index in [-0.39, 0.29) is 0 Å². The van der Waals surface area contributed by atoms with E-state index < -0.39 is 0 Å². The Morgan fingerprint density at radius 1 is 0.389 bits per heavy atom. The lowest BCUT2D eigenvalue weighted by Gasteiger charge is -2.26. The van der Waals surface area contributed by atoms with Gasteiger partial charge in [-0.2, -0.15) is 0 Å². The Bertz CT molecular complexity index is 1630. The summed E-state index contributed by atoms with van der Waals surface area (Å²) in [4.78, 5) is 2.33. The number of hydrogen-bond acceptors (Lipinski definition) is 1. The Hall–Kier alpha value is -4.62. The molecule has 6 rings (SSSR count). The summed E-state index contributed by atoms with van der Waals surface area (Å²) in [7, 11) is 2.17. The van der Waals surface area contributed by atoms with Gasteiger partial charge in [-0.05, 0) is 51.2 Å². The van der Waals surface area contributed by atoms with Crippen LogP contribution >= 0.6 is 0 Å². The largest absolute Gasteiger partial charge is 0.344 e. The number of para-hydroxylation sites is 1. The molecule has 0 N–H and O–H groups in total. The van der Waals surface area contributed by atoms with Crippen LogP contribution in [0.4, 0.5) is 11.4 Å². The van der Waals surface area contributed by atoms with Crippen LogP contribution in [-0.4, -0.2) is 7.05 Å². The van der Waals surface area contributed by atoms with Crippen LogP contribution in [-0.2, 0) is 0 Å². The van der Waals surface area contributed by atoms with Crippen LogP contribution in [0.1, 0.15) is 0 Å². The van der Waals surface area contributed by atoms with E-state index in [0.717, 1.165) is 0 Å². The van der Waals surface area contributed by atoms with Crippen LogP contribution in [0, 0.1) is 0 Å². The average molecular weight is 462 g/mol. The van der Waals surface area contributed by atoms with Crippen molar-refractivity contribution in [3.63, 3.8) is 0 Å². The maximum atomic E-state index is 2.34. The zero-order valence-corrected chi connectivity index (χ0v) is 20.3. The summed E-state index contributed by atoms with van der Waals surface area (Å²) >= 11 is 0. The summed E-state index contributed by atoms with van der Waals surface area (Å²) < 4.78 is 0. The van der Waals surface area contributed by atoms with E-state index in [1.165, 1.54) is 55.5 Å². The lowest BCUT2D eigenvalue weighted by Crippen LogP contribution is -2.12. The first-order valence-corrected chi connectivity index (χ1v) is 12.4. The van der Waals surface area contributed by atoms with Gasteiger partial charge < -0.3 is 4.90 Å². The maximum absolute atomic E-state index is 2.34. The monoisotopic (exact) mass is 461 g/mol. The quantitative estimate of drug-likeness (QED) is 0.247. The Balaban J connectivity index is 1.57. The minimum absolute atomic E-state index is 1.18. The van der Waals surface area contributed by atoms with Gasteiger partial charge in [0.25, 0.3) is 0 Å². The van der Waals surface area contributed by atoms with E-state index in [0.29, 0.717) is 0 Å². The minimum Gasteiger partial charge on any atom is -0.344 e. The van der Waals surface area contributed by atoms with Crippen LogP contribution < -0.4 is 4.90 Å². The molecule has 0 saturated carbocycles. The summed E-state index contributed by atoms with van der Waals surface area (Å²) in [6.45, 7) is 0. The zero-order chi connectivity index (χ0) is 24.3. The predicted molar refractivity (Wildman–Crippen MR) is 155 cm³/mol. The molecular formula is C35H27N. The van der Waals surface area contributed by atoms with Gasteiger partial charge >= 0.3 is 0 Å². The number of nitrogens with zero attached hydrogens (tertiary/aromatic N) is 1. The maximum Gasteiger partial charge on any atom is 0.0488 e. The summed E-state index contributed by atoms with van der Waals surface area (Å²) in [6, 6.07) is 52.0. The van der Waals surface area contributed by atoms with E-state index >= 15 is 0 Å². The Labute approximate surface area is 212 Å². The van der Waals surface area contributed by atoms with Gasteiger partial charge in [0.1, 0.15) is 0 Å². The molecule has 0 spiro atoms. The second-order valence-electron chi connectivity index (χ2n) is 9.07. The molecule has 0 saturated heterocycles. The second-order valence-corrected chi connectivity index (χ2v) is 9.07. The molecule has 0 radical (unpaired) electrons. The third-order valence-corrected chi connectivity index (χ3v) is 6.90. The molecule has 0 bridgehead atoms. The van der Waals surface area contributed by atoms with Crippen molar-refractivity contribution in [2.24, 2.45) is 0 Å². The van der Waals surface area contributed by atoms with Crippen molar-refractivity contribution in [2.45, 2.75) is 0 Å². The summed E-state index contributed by atoms with van der Waals surface area (Å²) in [5.74, 6) is 0. The van der Waals surface area contributed by atoms with E-state index in [4.69, 9.17) is 0 Å². The predicted octanol–water partition coefficient (Wildman–Crippen LogP) is 9.61. The molecule has 0 fully saturated rings. The third-order valence-electron chi connectivity index (χ3n) is 6.90. The fourth-order valence-corrected chi connectivity index (χ4v) is 5.07. The summed E-state index contributed by atoms with van der Waals surface area (Å²) in [5.41, 5.74) is 9.68. The van der Waals surface area contributed by atoms with Gasteiger partial charge in [-0.25, -0.2) is 0 Å². The Morgan fingerprint density at radius 2 is 0.972 bits per heavy atom. The first kappa shape index (κ1) is 21.9. The Morgan fingerprint density at radius 3 is 1.78 bits per heavy atom. The van der Waals surface area contributed by atoms with Gasteiger partial charge in [0.15, 0.2) is 0 Å². The van der Waals surface area contributed by atoms with E-state index in [2.05, 4.69) is 158 Å². The van der Waals surface area contributed by atoms with E-state index in [1.54, 1.807) is 0 Å². The molecule has 6 aromatic carbocycles. The van der Waals surface area contributed by atoms with E-state index in [1.807, 2.05) is 0 Å². The normalized spacial score (nSPS) is 10.9. The van der Waals surface area contributed by atoms with Crippen molar-refractivity contribution in [3.8, 4) is 33.4 Å². The number of fused-ring (bicyclic) bond motifs is 1. The highest BCUT2D eigenvalue weighted by molar-refractivity contribution is 6.01. The first-order valence-electron chi connectivity index (χ1n) is 12.4. The topological polar surface area (TPSA) is 3.24 Å². The highest BCUT2D eigenvalue weighted by atomic mass is 15.1. The molecule has 0 amide bonds. The van der Waals surface area contributed by atoms with Gasteiger partial charge in [-0.1, -0.05) is 127 Å². The second kappa shape index (κ2) is 9.56. The molecule has 36 heavy (non-hydrogen) atoms. The fourth-order valence-electron chi connectivity index (χ4n) is 5.07. The van der Waals surface area contributed by atoms with Crippen LogP contribution in [0.15, 0.2) is 146 Å². The van der Waals surface area contributed by atoms with Crippen LogP contribution in [0.25, 0.3) is 44.2 Å². The Kier molecular flexibility index (Phi) is 5.81. The van der Waals surface area contributed by atoms with Gasteiger partial charge in [-0.15, -0.1) is 0 Å². The molecule has 0 unspecified atom stereocenters. The molecule has 0 aliphatic heterocycles. The zero-order valence-electron chi connectivity index (χ0n) is 20.3. The number of hydrogen-bond donors (Lipinski definition) is 0. The number of anilines is 2. The molecule has 6 aromatic rings. The van der Waals surface area contributed by atoms with Gasteiger partial charge in [0, 0.05) is 29.5 Å². The summed E-state index contributed by atoms with van der Waals surface area (Å²) in [5, 5.41) is 2.51. The van der Waals surface area contributed by atoms with Crippen LogP contribution in [0.5, 0.6) is 0 Å². The highest BCUT2D eigenvalue weighted by Crippen LogP contribution is 2.42. The standard InChI is InChI=1S/C35H27N/c1-36(34-22-11-10-20-31(34)28-15-6-3-7-16-28)35-24-23-29(26-13-4-2-5-14-26)25-33(35)32-21-12-18-27-17-8-9-19-30(27)32/h2-25H,1H3. The molecule has 0 aromatic heterocycles. The van der Waals surface area contributed by atoms with Crippen molar-refractivity contribution < 1.29 is 0 Å². The molecule has 0 atom stereocenters. The lowest BCUT2D eigenvalue weighted by atomic mass is 9.93. The van der Waals surface area contributed by atoms with E-state index in [9.17, 15) is 0 Å². The van der Waals surface area contributed by atoms with Gasteiger partial charge in [-0.3, -0.25) is 0 Å². The highest BCUT2D eigenvalue weighted by Gasteiger charge is 2.17. The number of benzene rings is 6. The van der Waals surface area contributed by atoms with Crippen molar-refractivity contribution >= 4 is 22.1 Å². The molecule has 0 aliphatic rings. The first-order chi connectivity index (χ1) is 17.8. The van der Waals surface area contributed by atoms with Crippen molar-refractivity contribution in [1.29, 1.82) is 0 Å². The van der Waals surface area contributed by atoms with Crippen molar-refractivity contribution in [2.75, 3.05) is 11.9 Å². The molecule has 0 aliphatic carbocycles. The minimum atomic E-state index is 1.18. The number of rotatable bonds is 5. The van der Waals surface area contributed by atoms with Gasteiger partial charge in [0.05, 0.1) is 0 Å².